The first-order valence-corrected chi connectivity index (χ1v) is 9.16. The molecule has 5 nitrogen and oxygen atoms in total. The predicted octanol–water partition coefficient (Wildman–Crippen LogP) is 4.48. The summed E-state index contributed by atoms with van der Waals surface area (Å²) in [6.07, 6.45) is 0.868. The van der Waals surface area contributed by atoms with Crippen molar-refractivity contribution in [2.75, 3.05) is 6.54 Å². The monoisotopic (exact) mass is 364 g/mol. The number of benzene rings is 2. The Balaban J connectivity index is 1.64. The van der Waals surface area contributed by atoms with Crippen LogP contribution in [0.1, 0.15) is 19.2 Å². The number of hydrogen-bond donors (Lipinski definition) is 1. The number of para-hydroxylation sites is 2. The Morgan fingerprint density at radius 2 is 2.00 bits per heavy atom. The summed E-state index contributed by atoms with van der Waals surface area (Å²) in [6.45, 7) is 5.70. The van der Waals surface area contributed by atoms with Crippen molar-refractivity contribution in [2.24, 2.45) is 0 Å². The van der Waals surface area contributed by atoms with Gasteiger partial charge in [-0.3, -0.25) is 0 Å². The second-order valence-corrected chi connectivity index (χ2v) is 6.70. The van der Waals surface area contributed by atoms with Crippen molar-refractivity contribution in [1.82, 2.24) is 19.9 Å². The normalized spacial score (nSPS) is 11.3. The maximum Gasteiger partial charge on any atom is 0.227 e. The number of nitrogens with zero attached hydrogens (tertiary/aromatic N) is 3. The third kappa shape index (κ3) is 3.08. The van der Waals surface area contributed by atoms with Crippen LogP contribution in [0.4, 0.5) is 0 Å². The van der Waals surface area contributed by atoms with Crippen molar-refractivity contribution in [2.45, 2.75) is 26.8 Å². The smallest absolute Gasteiger partial charge is 0.227 e. The lowest BCUT2D eigenvalue weighted by atomic mass is 10.2. The van der Waals surface area contributed by atoms with Gasteiger partial charge in [0.1, 0.15) is 11.3 Å². The number of rotatable bonds is 5. The summed E-state index contributed by atoms with van der Waals surface area (Å²) in [5.74, 6) is 1.61. The van der Waals surface area contributed by atoms with Crippen molar-refractivity contribution in [1.29, 1.82) is 0 Å². The Labute approximate surface area is 157 Å². The van der Waals surface area contributed by atoms with Crippen molar-refractivity contribution < 1.29 is 4.42 Å². The van der Waals surface area contributed by atoms with Crippen LogP contribution >= 0.6 is 12.2 Å². The van der Waals surface area contributed by atoms with Gasteiger partial charge in [-0.1, -0.05) is 31.3 Å². The van der Waals surface area contributed by atoms with Gasteiger partial charge in [0.2, 0.25) is 5.89 Å². The summed E-state index contributed by atoms with van der Waals surface area (Å²) in [7, 11) is 0. The molecular weight excluding hydrogens is 344 g/mol. The second-order valence-electron chi connectivity index (χ2n) is 6.20. The van der Waals surface area contributed by atoms with E-state index in [4.69, 9.17) is 21.6 Å². The van der Waals surface area contributed by atoms with Gasteiger partial charge in [-0.15, -0.1) is 0 Å². The zero-order valence-corrected chi connectivity index (χ0v) is 15.6. The fourth-order valence-electron chi connectivity index (χ4n) is 3.09. The van der Waals surface area contributed by atoms with Crippen molar-refractivity contribution in [3.05, 3.63) is 48.3 Å². The number of imidazole rings is 1. The topological polar surface area (TPSA) is 55.9 Å². The first-order chi connectivity index (χ1) is 12.7. The highest BCUT2D eigenvalue weighted by molar-refractivity contribution is 7.80. The Morgan fingerprint density at radius 3 is 2.81 bits per heavy atom. The molecule has 0 saturated carbocycles. The average molecular weight is 364 g/mol. The predicted molar refractivity (Wildman–Crippen MR) is 108 cm³/mol. The zero-order chi connectivity index (χ0) is 18.1. The Morgan fingerprint density at radius 1 is 1.15 bits per heavy atom. The molecule has 6 heteroatoms. The molecule has 2 aromatic carbocycles. The molecule has 4 rings (SSSR count). The molecule has 0 unspecified atom stereocenters. The summed E-state index contributed by atoms with van der Waals surface area (Å²) >= 11 is 5.22. The van der Waals surface area contributed by atoms with Crippen LogP contribution < -0.4 is 5.32 Å². The molecule has 0 radical (unpaired) electrons. The quantitative estimate of drug-likeness (QED) is 0.529. The van der Waals surface area contributed by atoms with E-state index in [0.29, 0.717) is 5.89 Å². The van der Waals surface area contributed by atoms with E-state index in [-0.39, 0.29) is 0 Å². The first kappa shape index (κ1) is 16.7. The second kappa shape index (κ2) is 6.88. The summed E-state index contributed by atoms with van der Waals surface area (Å²) in [5.41, 5.74) is 4.64. The SMILES string of the molecule is CCC(=S)NCCn1c(C)nc2cc(-c3nc4ccccc4o3)ccc21. The minimum absolute atomic E-state index is 0.621. The van der Waals surface area contributed by atoms with Crippen molar-refractivity contribution in [3.63, 3.8) is 0 Å². The number of fused-ring (bicyclic) bond motifs is 2. The largest absolute Gasteiger partial charge is 0.436 e. The van der Waals surface area contributed by atoms with E-state index in [0.717, 1.165) is 58.0 Å². The third-order valence-electron chi connectivity index (χ3n) is 4.46. The molecular formula is C20H20N4OS. The van der Waals surface area contributed by atoms with Gasteiger partial charge in [-0.05, 0) is 43.7 Å². The Kier molecular flexibility index (Phi) is 4.42. The molecule has 0 aliphatic heterocycles. The maximum absolute atomic E-state index is 5.87. The number of aromatic nitrogens is 3. The number of oxazole rings is 1. The van der Waals surface area contributed by atoms with Crippen LogP contribution in [0.25, 0.3) is 33.6 Å². The molecule has 0 spiro atoms. The lowest BCUT2D eigenvalue weighted by molar-refractivity contribution is 0.620. The van der Waals surface area contributed by atoms with E-state index < -0.39 is 0 Å². The molecule has 0 atom stereocenters. The van der Waals surface area contributed by atoms with Crippen LogP contribution in [0.3, 0.4) is 0 Å². The molecule has 26 heavy (non-hydrogen) atoms. The van der Waals surface area contributed by atoms with Crippen LogP contribution in [-0.2, 0) is 6.54 Å². The van der Waals surface area contributed by atoms with Crippen LogP contribution in [0.15, 0.2) is 46.9 Å². The minimum Gasteiger partial charge on any atom is -0.436 e. The lowest BCUT2D eigenvalue weighted by Crippen LogP contribution is -2.25. The highest BCUT2D eigenvalue weighted by atomic mass is 32.1. The number of thiocarbonyl (C=S) groups is 1. The van der Waals surface area contributed by atoms with E-state index in [1.54, 1.807) is 0 Å². The molecule has 132 valence electrons. The molecule has 0 aliphatic rings. The summed E-state index contributed by atoms with van der Waals surface area (Å²) < 4.78 is 8.08. The molecule has 1 N–H and O–H groups in total. The highest BCUT2D eigenvalue weighted by Gasteiger charge is 2.12. The molecule has 0 amide bonds. The minimum atomic E-state index is 0.621. The Bertz CT molecular complexity index is 1060. The highest BCUT2D eigenvalue weighted by Crippen LogP contribution is 2.27. The van der Waals surface area contributed by atoms with E-state index in [2.05, 4.69) is 27.9 Å². The molecule has 2 aromatic heterocycles. The van der Waals surface area contributed by atoms with Crippen LogP contribution in [0.5, 0.6) is 0 Å². The van der Waals surface area contributed by atoms with Gasteiger partial charge < -0.3 is 14.3 Å². The first-order valence-electron chi connectivity index (χ1n) is 8.75. The van der Waals surface area contributed by atoms with E-state index in [9.17, 15) is 0 Å². The standard InChI is InChI=1S/C20H20N4OS/c1-3-19(26)21-10-11-24-13(2)22-16-12-14(8-9-17(16)24)20-23-15-6-4-5-7-18(15)25-20/h4-9,12H,3,10-11H2,1-2H3,(H,21,26). The van der Waals surface area contributed by atoms with Gasteiger partial charge in [0.25, 0.3) is 0 Å². The Hall–Kier alpha value is -2.73. The van der Waals surface area contributed by atoms with E-state index in [1.807, 2.05) is 43.3 Å². The number of hydrogen-bond acceptors (Lipinski definition) is 4. The number of nitrogens with one attached hydrogen (secondary N) is 1. The molecule has 0 fully saturated rings. The van der Waals surface area contributed by atoms with Gasteiger partial charge >= 0.3 is 0 Å². The fourth-order valence-corrected chi connectivity index (χ4v) is 3.20. The van der Waals surface area contributed by atoms with Crippen molar-refractivity contribution in [3.8, 4) is 11.5 Å². The van der Waals surface area contributed by atoms with E-state index >= 15 is 0 Å². The average Bonchev–Trinajstić information content (AvgIpc) is 3.22. The van der Waals surface area contributed by atoms with Crippen LogP contribution in [-0.4, -0.2) is 26.1 Å². The summed E-state index contributed by atoms with van der Waals surface area (Å²) in [6, 6.07) is 13.9. The third-order valence-corrected chi connectivity index (χ3v) is 4.89. The van der Waals surface area contributed by atoms with Crippen molar-refractivity contribution >= 4 is 39.3 Å². The van der Waals surface area contributed by atoms with Gasteiger partial charge in [0, 0.05) is 18.7 Å². The molecule has 4 aromatic rings. The lowest BCUT2D eigenvalue weighted by Gasteiger charge is -2.09. The molecule has 2 heterocycles. The van der Waals surface area contributed by atoms with Crippen LogP contribution in [0.2, 0.25) is 0 Å². The van der Waals surface area contributed by atoms with E-state index in [1.165, 1.54) is 0 Å². The summed E-state index contributed by atoms with van der Waals surface area (Å²) in [5, 5.41) is 3.27. The zero-order valence-electron chi connectivity index (χ0n) is 14.8. The van der Waals surface area contributed by atoms with Gasteiger partial charge in [-0.2, -0.15) is 0 Å². The van der Waals surface area contributed by atoms with Crippen LogP contribution in [0, 0.1) is 6.92 Å². The van der Waals surface area contributed by atoms with Gasteiger partial charge in [0.15, 0.2) is 5.58 Å². The van der Waals surface area contributed by atoms with Gasteiger partial charge in [0.05, 0.1) is 16.0 Å². The molecule has 0 aliphatic carbocycles. The fraction of sp³-hybridized carbons (Fsp3) is 0.250. The number of aryl methyl sites for hydroxylation is 1. The summed E-state index contributed by atoms with van der Waals surface area (Å²) in [4.78, 5) is 10.2. The van der Waals surface area contributed by atoms with Gasteiger partial charge in [-0.25, -0.2) is 9.97 Å². The molecule has 0 bridgehead atoms. The maximum atomic E-state index is 5.87. The molecule has 0 saturated heterocycles.